The van der Waals surface area contributed by atoms with Crippen molar-refractivity contribution in [1.29, 1.82) is 0 Å². The number of benzene rings is 2. The molecule has 4 aromatic rings. The second kappa shape index (κ2) is 12.0. The van der Waals surface area contributed by atoms with Crippen LogP contribution in [0.25, 0.3) is 10.6 Å². The molecule has 0 aliphatic carbocycles. The molecule has 0 saturated carbocycles. The molecule has 0 unspecified atom stereocenters. The number of nitrogens with two attached hydrogens (primary N) is 2. The number of hydrogen-bond donors (Lipinski definition) is 2. The van der Waals surface area contributed by atoms with E-state index in [2.05, 4.69) is 71.6 Å². The fourth-order valence-electron chi connectivity index (χ4n) is 2.31. The van der Waals surface area contributed by atoms with Crippen molar-refractivity contribution in [2.24, 2.45) is 0 Å². The minimum absolute atomic E-state index is 0.793. The second-order valence-electron chi connectivity index (χ2n) is 6.30. The molecular weight excluding hydrogens is 612 g/mol. The lowest BCUT2D eigenvalue weighted by molar-refractivity contribution is 1.34. The van der Waals surface area contributed by atoms with E-state index in [0.717, 1.165) is 39.0 Å². The summed E-state index contributed by atoms with van der Waals surface area (Å²) < 4.78 is 3.02. The predicted molar refractivity (Wildman–Crippen MR) is 142 cm³/mol. The van der Waals surface area contributed by atoms with Crippen LogP contribution in [0.1, 0.15) is 16.7 Å². The summed E-state index contributed by atoms with van der Waals surface area (Å²) >= 11 is 13.1. The summed E-state index contributed by atoms with van der Waals surface area (Å²) in [5, 5.41) is 1.02. The van der Waals surface area contributed by atoms with E-state index in [0.29, 0.717) is 0 Å². The number of aryl methyl sites for hydroxylation is 3. The van der Waals surface area contributed by atoms with Gasteiger partial charge in [-0.3, -0.25) is 0 Å². The molecule has 0 spiro atoms. The van der Waals surface area contributed by atoms with Gasteiger partial charge in [0, 0.05) is 16.9 Å². The van der Waals surface area contributed by atoms with Gasteiger partial charge < -0.3 is 11.5 Å². The van der Waals surface area contributed by atoms with Gasteiger partial charge in [0.2, 0.25) is 0 Å². The highest BCUT2D eigenvalue weighted by Crippen LogP contribution is 2.31. The third kappa shape index (κ3) is 8.11. The smallest absolute Gasteiger partial charge is 0.160 e. The molecule has 4 N–H and O–H groups in total. The zero-order valence-corrected chi connectivity index (χ0v) is 23.0. The van der Waals surface area contributed by atoms with E-state index >= 15 is 0 Å². The van der Waals surface area contributed by atoms with Crippen molar-refractivity contribution in [3.05, 3.63) is 77.0 Å². The molecule has 158 valence electrons. The Hall–Kier alpha value is -1.26. The molecule has 4 nitrogen and oxygen atoms in total. The van der Waals surface area contributed by atoms with Crippen molar-refractivity contribution in [3.8, 4) is 10.6 Å². The summed E-state index contributed by atoms with van der Waals surface area (Å²) in [5.74, 6) is 0. The average molecular weight is 633 g/mol. The van der Waals surface area contributed by atoms with Gasteiger partial charge in [-0.15, -0.1) is 22.7 Å². The topological polar surface area (TPSA) is 77.8 Å². The van der Waals surface area contributed by atoms with Crippen molar-refractivity contribution in [3.63, 3.8) is 0 Å². The highest BCUT2D eigenvalue weighted by molar-refractivity contribution is 9.12. The second-order valence-corrected chi connectivity index (χ2v) is 12.4. The van der Waals surface area contributed by atoms with E-state index in [4.69, 9.17) is 11.5 Å². The fraction of sp³-hybridized carbons (Fsp3) is 0.143. The maximum absolute atomic E-state index is 5.68. The molecule has 4 rings (SSSR count). The van der Waals surface area contributed by atoms with Crippen LogP contribution in [0.4, 0.5) is 11.4 Å². The number of rotatable bonds is 1. The van der Waals surface area contributed by atoms with Crippen LogP contribution < -0.4 is 11.5 Å². The minimum Gasteiger partial charge on any atom is -0.399 e. The molecular formula is C21H21Br3N4S2. The maximum atomic E-state index is 5.68. The van der Waals surface area contributed by atoms with Gasteiger partial charge in [-0.2, -0.15) is 0 Å². The Morgan fingerprint density at radius 2 is 1.27 bits per heavy atom. The van der Waals surface area contributed by atoms with E-state index in [-0.39, 0.29) is 0 Å². The number of nitrogen functional groups attached to an aromatic ring is 2. The average Bonchev–Trinajstić information content (AvgIpc) is 3.27. The molecule has 0 radical (unpaired) electrons. The van der Waals surface area contributed by atoms with Gasteiger partial charge in [0.15, 0.2) is 3.92 Å². The van der Waals surface area contributed by atoms with Crippen LogP contribution in [0.3, 0.4) is 0 Å². The summed E-state index contributed by atoms with van der Waals surface area (Å²) in [6.07, 6.45) is 3.57. The Bertz CT molecular complexity index is 1090. The Balaban J connectivity index is 0.000000173. The van der Waals surface area contributed by atoms with Crippen LogP contribution in [0.15, 0.2) is 60.3 Å². The molecule has 2 aromatic carbocycles. The van der Waals surface area contributed by atoms with Gasteiger partial charge >= 0.3 is 0 Å². The van der Waals surface area contributed by atoms with Crippen LogP contribution in [0.5, 0.6) is 0 Å². The first kappa shape index (κ1) is 25.0. The molecule has 0 aliphatic heterocycles. The lowest BCUT2D eigenvalue weighted by atomic mass is 10.1. The van der Waals surface area contributed by atoms with Crippen LogP contribution in [-0.2, 0) is 0 Å². The molecule has 9 heteroatoms. The maximum Gasteiger partial charge on any atom is 0.160 e. The van der Waals surface area contributed by atoms with Crippen LogP contribution >= 0.6 is 70.5 Å². The van der Waals surface area contributed by atoms with E-state index in [1.54, 1.807) is 28.9 Å². The summed E-state index contributed by atoms with van der Waals surface area (Å²) in [6.45, 7) is 6.18. The fourth-order valence-corrected chi connectivity index (χ4v) is 5.81. The number of nitrogens with zero attached hydrogens (tertiary/aromatic N) is 2. The summed E-state index contributed by atoms with van der Waals surface area (Å²) in [7, 11) is 0. The largest absolute Gasteiger partial charge is 0.399 e. The molecule has 0 bridgehead atoms. The van der Waals surface area contributed by atoms with Gasteiger partial charge in [0.1, 0.15) is 5.01 Å². The van der Waals surface area contributed by atoms with E-state index in [1.807, 2.05) is 49.5 Å². The van der Waals surface area contributed by atoms with E-state index in [1.165, 1.54) is 11.1 Å². The molecule has 0 amide bonds. The van der Waals surface area contributed by atoms with Crippen molar-refractivity contribution < 1.29 is 0 Å². The molecule has 0 fully saturated rings. The van der Waals surface area contributed by atoms with E-state index in [9.17, 15) is 0 Å². The van der Waals surface area contributed by atoms with Gasteiger partial charge in [-0.05, 0) is 116 Å². The highest BCUT2D eigenvalue weighted by atomic mass is 79.9. The number of thiazole rings is 2. The zero-order chi connectivity index (χ0) is 22.3. The standard InChI is InChI=1S/C10H9BrN2S.C8H11N.C3HBr2NS/c1-6-4-7(12)2-3-8(6)10-13-5-9(11)14-10;1-6-3-4-8(9)5-7(6)2;4-2-1-6-3(5)7-2/h2-5H,12H2,1H3;3-5H,9H2,1-2H3;1H. The minimum atomic E-state index is 0.793. The Labute approximate surface area is 210 Å². The number of aromatic nitrogens is 2. The van der Waals surface area contributed by atoms with Crippen molar-refractivity contribution in [1.82, 2.24) is 9.97 Å². The lowest BCUT2D eigenvalue weighted by Gasteiger charge is -2.02. The molecule has 30 heavy (non-hydrogen) atoms. The summed E-state index contributed by atoms with van der Waals surface area (Å²) in [5.41, 5.74) is 17.7. The normalized spacial score (nSPS) is 9.93. The molecule has 0 atom stereocenters. The first-order chi connectivity index (χ1) is 14.2. The third-order valence-electron chi connectivity index (χ3n) is 3.94. The Kier molecular flexibility index (Phi) is 9.96. The van der Waals surface area contributed by atoms with Gasteiger partial charge in [0.05, 0.1) is 20.0 Å². The van der Waals surface area contributed by atoms with Gasteiger partial charge in [0.25, 0.3) is 0 Å². The first-order valence-corrected chi connectivity index (χ1v) is 12.7. The summed E-state index contributed by atoms with van der Waals surface area (Å²) in [4.78, 5) is 8.21. The number of hydrogen-bond acceptors (Lipinski definition) is 6. The van der Waals surface area contributed by atoms with Crippen molar-refractivity contribution in [2.75, 3.05) is 11.5 Å². The van der Waals surface area contributed by atoms with E-state index < -0.39 is 0 Å². The van der Waals surface area contributed by atoms with Crippen molar-refractivity contribution in [2.45, 2.75) is 20.8 Å². The Morgan fingerprint density at radius 1 is 0.700 bits per heavy atom. The number of anilines is 2. The quantitative estimate of drug-likeness (QED) is 0.208. The molecule has 0 saturated heterocycles. The predicted octanol–water partition coefficient (Wildman–Crippen LogP) is 8.02. The van der Waals surface area contributed by atoms with Crippen molar-refractivity contribution >= 4 is 81.8 Å². The van der Waals surface area contributed by atoms with Crippen LogP contribution in [-0.4, -0.2) is 9.97 Å². The molecule has 0 aliphatic rings. The van der Waals surface area contributed by atoms with Crippen LogP contribution in [0.2, 0.25) is 0 Å². The lowest BCUT2D eigenvalue weighted by Crippen LogP contribution is -1.87. The molecule has 2 heterocycles. The SMILES string of the molecule is Brc1cnc(Br)s1.Cc1cc(N)ccc1-c1ncc(Br)s1.Cc1ccc(N)cc1C. The number of halogens is 3. The Morgan fingerprint density at radius 3 is 1.67 bits per heavy atom. The van der Waals surface area contributed by atoms with Gasteiger partial charge in [-0.1, -0.05) is 6.07 Å². The summed E-state index contributed by atoms with van der Waals surface area (Å²) in [6, 6.07) is 11.8. The molecule has 2 aromatic heterocycles. The van der Waals surface area contributed by atoms with Gasteiger partial charge in [-0.25, -0.2) is 9.97 Å². The van der Waals surface area contributed by atoms with Crippen LogP contribution in [0, 0.1) is 20.8 Å². The third-order valence-corrected chi connectivity index (χ3v) is 7.40. The first-order valence-electron chi connectivity index (χ1n) is 8.73. The zero-order valence-electron chi connectivity index (χ0n) is 16.6. The monoisotopic (exact) mass is 630 g/mol. The highest BCUT2D eigenvalue weighted by Gasteiger charge is 2.06.